The van der Waals surface area contributed by atoms with Gasteiger partial charge in [0.15, 0.2) is 5.82 Å². The Hall–Kier alpha value is -3.48. The maximum atomic E-state index is 12.6. The highest BCUT2D eigenvalue weighted by Crippen LogP contribution is 2.25. The average molecular weight is 389 g/mol. The van der Waals surface area contributed by atoms with E-state index in [9.17, 15) is 4.79 Å². The van der Waals surface area contributed by atoms with E-state index in [0.717, 1.165) is 47.9 Å². The first-order chi connectivity index (χ1) is 14.2. The van der Waals surface area contributed by atoms with Gasteiger partial charge in [-0.2, -0.15) is 0 Å². The molecule has 1 atom stereocenters. The summed E-state index contributed by atoms with van der Waals surface area (Å²) in [4.78, 5) is 18.8. The molecule has 29 heavy (non-hydrogen) atoms. The predicted molar refractivity (Wildman–Crippen MR) is 112 cm³/mol. The monoisotopic (exact) mass is 389 g/mol. The van der Waals surface area contributed by atoms with Crippen molar-refractivity contribution in [2.24, 2.45) is 5.92 Å². The van der Waals surface area contributed by atoms with Crippen LogP contribution in [-0.2, 0) is 4.79 Å². The molecular formula is C22H23N5O2. The van der Waals surface area contributed by atoms with Gasteiger partial charge in [-0.15, -0.1) is 10.2 Å². The van der Waals surface area contributed by atoms with Crippen LogP contribution < -0.4 is 15.0 Å². The predicted octanol–water partition coefficient (Wildman–Crippen LogP) is 3.40. The fraction of sp³-hybridized carbons (Fsp3) is 0.273. The molecule has 7 nitrogen and oxygen atoms in total. The normalized spacial score (nSPS) is 16.3. The Morgan fingerprint density at radius 1 is 1.14 bits per heavy atom. The van der Waals surface area contributed by atoms with E-state index in [-0.39, 0.29) is 11.8 Å². The van der Waals surface area contributed by atoms with Crippen molar-refractivity contribution in [3.8, 4) is 17.0 Å². The molecule has 4 rings (SSSR count). The van der Waals surface area contributed by atoms with Crippen LogP contribution in [0.2, 0.25) is 0 Å². The first kappa shape index (κ1) is 18.9. The number of nitrogens with one attached hydrogen (secondary N) is 1. The van der Waals surface area contributed by atoms with E-state index in [1.807, 2.05) is 48.5 Å². The third-order valence-electron chi connectivity index (χ3n) is 5.08. The molecule has 7 heteroatoms. The molecule has 0 radical (unpaired) electrons. The Balaban J connectivity index is 1.42. The molecule has 0 aliphatic carbocycles. The number of benzene rings is 1. The third-order valence-corrected chi connectivity index (χ3v) is 5.08. The number of anilines is 2. The lowest BCUT2D eigenvalue weighted by Gasteiger charge is -2.32. The van der Waals surface area contributed by atoms with Crippen molar-refractivity contribution in [2.45, 2.75) is 12.8 Å². The van der Waals surface area contributed by atoms with Gasteiger partial charge < -0.3 is 15.0 Å². The molecule has 3 heterocycles. The molecule has 2 aromatic heterocycles. The van der Waals surface area contributed by atoms with Crippen LogP contribution in [0.4, 0.5) is 11.5 Å². The summed E-state index contributed by atoms with van der Waals surface area (Å²) in [7, 11) is 1.65. The van der Waals surface area contributed by atoms with Crippen molar-refractivity contribution in [3.63, 3.8) is 0 Å². The summed E-state index contributed by atoms with van der Waals surface area (Å²) in [5, 5.41) is 11.7. The number of carbonyl (C=O) groups excluding carboxylic acids is 1. The largest absolute Gasteiger partial charge is 0.497 e. The van der Waals surface area contributed by atoms with Gasteiger partial charge >= 0.3 is 0 Å². The van der Waals surface area contributed by atoms with Crippen molar-refractivity contribution in [1.82, 2.24) is 15.2 Å². The number of methoxy groups -OCH3 is 1. The topological polar surface area (TPSA) is 80.2 Å². The Morgan fingerprint density at radius 3 is 2.69 bits per heavy atom. The molecule has 148 valence electrons. The number of amides is 1. The lowest BCUT2D eigenvalue weighted by molar-refractivity contribution is -0.120. The highest BCUT2D eigenvalue weighted by atomic mass is 16.5. The van der Waals surface area contributed by atoms with E-state index in [1.54, 1.807) is 19.5 Å². The van der Waals surface area contributed by atoms with Crippen LogP contribution in [0.25, 0.3) is 11.3 Å². The van der Waals surface area contributed by atoms with Crippen LogP contribution in [0, 0.1) is 5.92 Å². The van der Waals surface area contributed by atoms with Crippen molar-refractivity contribution >= 4 is 17.4 Å². The number of carbonyl (C=O) groups is 1. The number of rotatable bonds is 5. The zero-order chi connectivity index (χ0) is 20.1. The van der Waals surface area contributed by atoms with Crippen molar-refractivity contribution in [1.29, 1.82) is 0 Å². The minimum absolute atomic E-state index is 0.0190. The summed E-state index contributed by atoms with van der Waals surface area (Å²) in [5.41, 5.74) is 2.51. The molecule has 0 spiro atoms. The van der Waals surface area contributed by atoms with Crippen LogP contribution in [0.5, 0.6) is 5.75 Å². The second-order valence-corrected chi connectivity index (χ2v) is 7.02. The van der Waals surface area contributed by atoms with Crippen LogP contribution in [0.15, 0.2) is 60.9 Å². The molecular weight excluding hydrogens is 366 g/mol. The number of hydrogen-bond acceptors (Lipinski definition) is 6. The van der Waals surface area contributed by atoms with E-state index in [4.69, 9.17) is 4.74 Å². The zero-order valence-corrected chi connectivity index (χ0v) is 16.3. The second kappa shape index (κ2) is 8.68. The quantitative estimate of drug-likeness (QED) is 0.720. The minimum Gasteiger partial charge on any atom is -0.497 e. The number of nitrogens with zero attached hydrogens (tertiary/aromatic N) is 4. The smallest absolute Gasteiger partial charge is 0.229 e. The molecule has 1 fully saturated rings. The SMILES string of the molecule is COc1ccc(-c2ccc(N3CCCC(C(=O)Nc4cccnc4)C3)nn2)cc1. The Morgan fingerprint density at radius 2 is 2.00 bits per heavy atom. The molecule has 3 aromatic rings. The van der Waals surface area contributed by atoms with Crippen LogP contribution >= 0.6 is 0 Å². The maximum absolute atomic E-state index is 12.6. The van der Waals surface area contributed by atoms with E-state index < -0.39 is 0 Å². The first-order valence-corrected chi connectivity index (χ1v) is 9.67. The average Bonchev–Trinajstić information content (AvgIpc) is 2.80. The molecule has 1 N–H and O–H groups in total. The summed E-state index contributed by atoms with van der Waals surface area (Å²) in [6.45, 7) is 1.50. The van der Waals surface area contributed by atoms with Gasteiger partial charge in [0.25, 0.3) is 0 Å². The highest BCUT2D eigenvalue weighted by Gasteiger charge is 2.26. The molecule has 0 bridgehead atoms. The van der Waals surface area contributed by atoms with Crippen molar-refractivity contribution in [3.05, 3.63) is 60.9 Å². The zero-order valence-electron chi connectivity index (χ0n) is 16.3. The summed E-state index contributed by atoms with van der Waals surface area (Å²) >= 11 is 0. The summed E-state index contributed by atoms with van der Waals surface area (Å²) in [6.07, 6.45) is 5.14. The van der Waals surface area contributed by atoms with Crippen LogP contribution in [0.1, 0.15) is 12.8 Å². The fourth-order valence-electron chi connectivity index (χ4n) is 3.49. The van der Waals surface area contributed by atoms with Crippen molar-refractivity contribution < 1.29 is 9.53 Å². The number of aromatic nitrogens is 3. The van der Waals surface area contributed by atoms with Gasteiger partial charge in [-0.25, -0.2) is 0 Å². The van der Waals surface area contributed by atoms with Crippen LogP contribution in [0.3, 0.4) is 0 Å². The Bertz CT molecular complexity index is 945. The van der Waals surface area contributed by atoms with Gasteiger partial charge in [-0.05, 0) is 61.4 Å². The lowest BCUT2D eigenvalue weighted by atomic mass is 9.97. The van der Waals surface area contributed by atoms with Gasteiger partial charge in [-0.1, -0.05) is 0 Å². The molecule has 1 aliphatic rings. The van der Waals surface area contributed by atoms with E-state index in [0.29, 0.717) is 6.54 Å². The number of hydrogen-bond donors (Lipinski definition) is 1. The first-order valence-electron chi connectivity index (χ1n) is 9.67. The van der Waals surface area contributed by atoms with Gasteiger partial charge in [0.1, 0.15) is 5.75 Å². The number of piperidine rings is 1. The third kappa shape index (κ3) is 4.51. The van der Waals surface area contributed by atoms with Gasteiger partial charge in [0.05, 0.1) is 30.6 Å². The van der Waals surface area contributed by atoms with Gasteiger partial charge in [0.2, 0.25) is 5.91 Å². The lowest BCUT2D eigenvalue weighted by Crippen LogP contribution is -2.41. The van der Waals surface area contributed by atoms with E-state index in [2.05, 4.69) is 25.4 Å². The van der Waals surface area contributed by atoms with Crippen molar-refractivity contribution in [2.75, 3.05) is 30.4 Å². The Labute approximate surface area is 169 Å². The summed E-state index contributed by atoms with van der Waals surface area (Å²) < 4.78 is 5.19. The molecule has 0 saturated carbocycles. The van der Waals surface area contributed by atoms with Gasteiger partial charge in [0, 0.05) is 24.8 Å². The van der Waals surface area contributed by atoms with E-state index in [1.165, 1.54) is 0 Å². The molecule has 1 aliphatic heterocycles. The van der Waals surface area contributed by atoms with E-state index >= 15 is 0 Å². The minimum atomic E-state index is -0.0907. The van der Waals surface area contributed by atoms with Crippen LogP contribution in [-0.4, -0.2) is 41.3 Å². The van der Waals surface area contributed by atoms with Gasteiger partial charge in [-0.3, -0.25) is 9.78 Å². The maximum Gasteiger partial charge on any atom is 0.229 e. The molecule has 1 aromatic carbocycles. The fourth-order valence-corrected chi connectivity index (χ4v) is 3.49. The summed E-state index contributed by atoms with van der Waals surface area (Å²) in [6, 6.07) is 15.3. The molecule has 1 unspecified atom stereocenters. The Kier molecular flexibility index (Phi) is 5.65. The summed E-state index contributed by atoms with van der Waals surface area (Å²) in [5.74, 6) is 1.53. The number of pyridine rings is 1. The molecule has 1 amide bonds. The standard InChI is InChI=1S/C22H23N5O2/c1-29-19-8-6-16(7-9-19)20-10-11-21(26-25-20)27-13-3-4-17(15-27)22(28)24-18-5-2-12-23-14-18/h2,5-12,14,17H,3-4,13,15H2,1H3,(H,24,28). The number of ether oxygens (including phenoxy) is 1. The second-order valence-electron chi connectivity index (χ2n) is 7.02. The molecule has 1 saturated heterocycles. The highest BCUT2D eigenvalue weighted by molar-refractivity contribution is 5.92.